The lowest BCUT2D eigenvalue weighted by Gasteiger charge is -2.10. The quantitative estimate of drug-likeness (QED) is 0.748. The Kier molecular flexibility index (Phi) is 3.31. The molecular weight excluding hydrogens is 311 g/mol. The van der Waals surface area contributed by atoms with E-state index in [1.54, 1.807) is 18.2 Å². The number of nitrogens with two attached hydrogens (primary N) is 1. The van der Waals surface area contributed by atoms with Crippen molar-refractivity contribution >= 4 is 39.9 Å². The molecule has 3 aromatic rings. The fraction of sp³-hybridized carbons (Fsp3) is 0.0714. The number of fused-ring (bicyclic) bond motifs is 1. The molecule has 0 radical (unpaired) electrons. The minimum absolute atomic E-state index is 0.280. The van der Waals surface area contributed by atoms with Gasteiger partial charge in [0, 0.05) is 0 Å². The highest BCUT2D eigenvalue weighted by atomic mass is 35.5. The average Bonchev–Trinajstić information content (AvgIpc) is 2.44. The van der Waals surface area contributed by atoms with Gasteiger partial charge in [0.05, 0.1) is 32.8 Å². The lowest BCUT2D eigenvalue weighted by Crippen LogP contribution is -2.20. The van der Waals surface area contributed by atoms with Crippen LogP contribution in [0.5, 0.6) is 0 Å². The van der Waals surface area contributed by atoms with E-state index < -0.39 is 0 Å². The maximum atomic E-state index is 12.7. The number of benzene rings is 1. The van der Waals surface area contributed by atoms with Gasteiger partial charge in [-0.25, -0.2) is 9.97 Å². The van der Waals surface area contributed by atoms with Crippen molar-refractivity contribution in [3.05, 3.63) is 56.7 Å². The predicted octanol–water partition coefficient (Wildman–Crippen LogP) is 2.98. The number of anilines is 1. The van der Waals surface area contributed by atoms with Crippen molar-refractivity contribution in [3.8, 4) is 5.69 Å². The minimum Gasteiger partial charge on any atom is -0.384 e. The zero-order valence-electron chi connectivity index (χ0n) is 11.0. The molecule has 0 aliphatic rings. The number of nitrogen functional groups attached to an aromatic ring is 1. The lowest BCUT2D eigenvalue weighted by molar-refractivity contribution is 0.943. The molecule has 0 fully saturated rings. The molecule has 2 aromatic heterocycles. The smallest absolute Gasteiger partial charge is 0.267 e. The van der Waals surface area contributed by atoms with Crippen LogP contribution in [0.3, 0.4) is 0 Å². The van der Waals surface area contributed by atoms with Crippen LogP contribution in [0.15, 0.2) is 35.5 Å². The van der Waals surface area contributed by atoms with Crippen LogP contribution in [0.25, 0.3) is 16.6 Å². The summed E-state index contributed by atoms with van der Waals surface area (Å²) in [5.74, 6) is 0.388. The Morgan fingerprint density at radius 2 is 1.90 bits per heavy atom. The molecule has 3 rings (SSSR count). The normalized spacial score (nSPS) is 11.0. The van der Waals surface area contributed by atoms with E-state index in [1.165, 1.54) is 17.1 Å². The molecule has 7 heteroatoms. The summed E-state index contributed by atoms with van der Waals surface area (Å²) >= 11 is 12.2. The van der Waals surface area contributed by atoms with Gasteiger partial charge in [-0.05, 0) is 30.7 Å². The molecule has 106 valence electrons. The zero-order valence-corrected chi connectivity index (χ0v) is 12.5. The second kappa shape index (κ2) is 5.02. The van der Waals surface area contributed by atoms with Crippen molar-refractivity contribution in [2.45, 2.75) is 6.92 Å². The van der Waals surface area contributed by atoms with Crippen LogP contribution in [0, 0.1) is 6.92 Å². The molecule has 0 saturated carbocycles. The maximum Gasteiger partial charge on any atom is 0.267 e. The number of hydrogen-bond donors (Lipinski definition) is 1. The highest BCUT2D eigenvalue weighted by Crippen LogP contribution is 2.26. The molecule has 0 atom stereocenters. The van der Waals surface area contributed by atoms with Gasteiger partial charge in [-0.3, -0.25) is 9.36 Å². The number of hydrogen-bond acceptors (Lipinski definition) is 4. The first-order valence-electron chi connectivity index (χ1n) is 6.07. The van der Waals surface area contributed by atoms with Gasteiger partial charge in [0.1, 0.15) is 12.1 Å². The predicted molar refractivity (Wildman–Crippen MR) is 84.3 cm³/mol. The second-order valence-electron chi connectivity index (χ2n) is 4.57. The number of aryl methyl sites for hydroxylation is 1. The molecule has 0 unspecified atom stereocenters. The molecule has 0 bridgehead atoms. The molecule has 1 aromatic carbocycles. The third-order valence-electron chi connectivity index (χ3n) is 3.18. The van der Waals surface area contributed by atoms with Crippen molar-refractivity contribution in [1.29, 1.82) is 0 Å². The highest BCUT2D eigenvalue weighted by Gasteiger charge is 2.13. The zero-order chi connectivity index (χ0) is 15.1. The average molecular weight is 321 g/mol. The Balaban J connectivity index is 2.38. The summed E-state index contributed by atoms with van der Waals surface area (Å²) in [6.07, 6.45) is 2.94. The van der Waals surface area contributed by atoms with Gasteiger partial charge >= 0.3 is 0 Å². The Bertz CT molecular complexity index is 921. The van der Waals surface area contributed by atoms with Crippen LogP contribution < -0.4 is 11.3 Å². The van der Waals surface area contributed by atoms with Crippen molar-refractivity contribution in [1.82, 2.24) is 14.5 Å². The van der Waals surface area contributed by atoms with Crippen LogP contribution in [-0.4, -0.2) is 14.5 Å². The number of rotatable bonds is 1. The first kappa shape index (κ1) is 13.9. The molecule has 0 amide bonds. The van der Waals surface area contributed by atoms with Crippen LogP contribution in [0.4, 0.5) is 5.82 Å². The molecule has 5 nitrogen and oxygen atoms in total. The molecule has 0 aliphatic carbocycles. The second-order valence-corrected chi connectivity index (χ2v) is 5.38. The van der Waals surface area contributed by atoms with Crippen LogP contribution >= 0.6 is 23.2 Å². The number of nitrogens with zero attached hydrogens (tertiary/aromatic N) is 3. The Labute approximate surface area is 130 Å². The molecular formula is C14H10Cl2N4O. The minimum atomic E-state index is -0.304. The van der Waals surface area contributed by atoms with Gasteiger partial charge in [-0.2, -0.15) is 0 Å². The summed E-state index contributed by atoms with van der Waals surface area (Å²) in [6.45, 7) is 1.84. The maximum absolute atomic E-state index is 12.7. The third kappa shape index (κ3) is 2.24. The fourth-order valence-electron chi connectivity index (χ4n) is 2.15. The standard InChI is InChI=1S/C14H10Cl2N4O/c1-7-4-11(17)18-5-10(7)20-6-19-13-9(16)3-2-8(15)12(13)14(20)21/h2-6H,1H3,(H2,17,18). The molecule has 0 saturated heterocycles. The number of aromatic nitrogens is 3. The summed E-state index contributed by atoms with van der Waals surface area (Å²) in [7, 11) is 0. The topological polar surface area (TPSA) is 73.8 Å². The largest absolute Gasteiger partial charge is 0.384 e. The van der Waals surface area contributed by atoms with Gasteiger partial charge in [-0.1, -0.05) is 23.2 Å². The summed E-state index contributed by atoms with van der Waals surface area (Å²) < 4.78 is 1.38. The Morgan fingerprint density at radius 3 is 2.62 bits per heavy atom. The van der Waals surface area contributed by atoms with Gasteiger partial charge in [0.2, 0.25) is 0 Å². The van der Waals surface area contributed by atoms with Crippen LogP contribution in [0.2, 0.25) is 10.0 Å². The summed E-state index contributed by atoms with van der Waals surface area (Å²) in [5.41, 5.74) is 7.11. The van der Waals surface area contributed by atoms with Crippen molar-refractivity contribution < 1.29 is 0 Å². The first-order valence-corrected chi connectivity index (χ1v) is 6.82. The number of pyridine rings is 1. The molecule has 21 heavy (non-hydrogen) atoms. The monoisotopic (exact) mass is 320 g/mol. The Morgan fingerprint density at radius 1 is 1.19 bits per heavy atom. The van der Waals surface area contributed by atoms with E-state index >= 15 is 0 Å². The molecule has 0 aliphatic heterocycles. The third-order valence-corrected chi connectivity index (χ3v) is 3.80. The van der Waals surface area contributed by atoms with E-state index in [-0.39, 0.29) is 10.9 Å². The van der Waals surface area contributed by atoms with Crippen molar-refractivity contribution in [2.24, 2.45) is 0 Å². The van der Waals surface area contributed by atoms with Crippen LogP contribution in [0.1, 0.15) is 5.56 Å². The Hall–Kier alpha value is -2.11. The van der Waals surface area contributed by atoms with E-state index in [9.17, 15) is 4.79 Å². The lowest BCUT2D eigenvalue weighted by atomic mass is 10.2. The van der Waals surface area contributed by atoms with E-state index in [0.717, 1.165) is 5.56 Å². The van der Waals surface area contributed by atoms with E-state index in [2.05, 4.69) is 9.97 Å². The van der Waals surface area contributed by atoms with E-state index in [1.807, 2.05) is 6.92 Å². The molecule has 0 spiro atoms. The first-order chi connectivity index (χ1) is 9.99. The van der Waals surface area contributed by atoms with Gasteiger partial charge < -0.3 is 5.73 Å². The summed E-state index contributed by atoms with van der Waals surface area (Å²) in [4.78, 5) is 20.9. The highest BCUT2D eigenvalue weighted by molar-refractivity contribution is 6.39. The molecule has 2 N–H and O–H groups in total. The van der Waals surface area contributed by atoms with Crippen molar-refractivity contribution in [3.63, 3.8) is 0 Å². The van der Waals surface area contributed by atoms with Gasteiger partial charge in [0.15, 0.2) is 0 Å². The number of halogens is 2. The van der Waals surface area contributed by atoms with Crippen molar-refractivity contribution in [2.75, 3.05) is 5.73 Å². The van der Waals surface area contributed by atoms with E-state index in [0.29, 0.717) is 27.1 Å². The van der Waals surface area contributed by atoms with E-state index in [4.69, 9.17) is 28.9 Å². The SMILES string of the molecule is Cc1cc(N)ncc1-n1cnc2c(Cl)ccc(Cl)c2c1=O. The fourth-order valence-corrected chi connectivity index (χ4v) is 2.59. The van der Waals surface area contributed by atoms with Crippen LogP contribution in [-0.2, 0) is 0 Å². The van der Waals surface area contributed by atoms with Gasteiger partial charge in [0.25, 0.3) is 5.56 Å². The van der Waals surface area contributed by atoms with Gasteiger partial charge in [-0.15, -0.1) is 0 Å². The summed E-state index contributed by atoms with van der Waals surface area (Å²) in [6, 6.07) is 4.87. The summed E-state index contributed by atoms with van der Waals surface area (Å²) in [5, 5.41) is 0.969. The molecule has 2 heterocycles.